The maximum Gasteiger partial charge on any atom is 0.322 e. The Labute approximate surface area is 189 Å². The number of amides is 3. The van der Waals surface area contributed by atoms with Gasteiger partial charge in [-0.1, -0.05) is 0 Å². The summed E-state index contributed by atoms with van der Waals surface area (Å²) < 4.78 is 29.1. The Morgan fingerprint density at radius 2 is 2.09 bits per heavy atom. The molecular weight excluding hydrogens is 430 g/mol. The monoisotopic (exact) mass is 454 g/mol. The van der Waals surface area contributed by atoms with Crippen molar-refractivity contribution in [1.29, 1.82) is 5.26 Å². The van der Waals surface area contributed by atoms with E-state index in [2.05, 4.69) is 5.32 Å². The number of nitrogens with one attached hydrogen (secondary N) is 1. The van der Waals surface area contributed by atoms with Crippen molar-refractivity contribution in [3.8, 4) is 6.07 Å². The zero-order valence-electron chi connectivity index (χ0n) is 18.4. The van der Waals surface area contributed by atoms with Gasteiger partial charge >= 0.3 is 6.03 Å². The number of aromatic nitrogens is 2. The van der Waals surface area contributed by atoms with Gasteiger partial charge in [0.1, 0.15) is 23.8 Å². The largest absolute Gasteiger partial charge is 0.340 e. The van der Waals surface area contributed by atoms with Gasteiger partial charge in [0.05, 0.1) is 17.8 Å². The maximum atomic E-state index is 13.7. The fraction of sp³-hybridized carbons (Fsp3) is 0.478. The van der Waals surface area contributed by atoms with Gasteiger partial charge in [-0.25, -0.2) is 13.6 Å². The molecule has 10 heteroatoms. The summed E-state index contributed by atoms with van der Waals surface area (Å²) in [6.07, 6.45) is 0.474. The first kappa shape index (κ1) is 21.4. The topological polar surface area (TPSA) is 94.3 Å². The first-order chi connectivity index (χ1) is 15.7. The molecule has 1 aromatic carbocycles. The zero-order valence-corrected chi connectivity index (χ0v) is 18.4. The molecule has 1 N–H and O–H groups in total. The number of carbonyl (C=O) groups excluding carboxylic acids is 2. The van der Waals surface area contributed by atoms with Crippen LogP contribution in [0.1, 0.15) is 47.1 Å². The van der Waals surface area contributed by atoms with Crippen LogP contribution >= 0.6 is 0 Å². The number of hydrogen-bond acceptors (Lipinski definition) is 4. The van der Waals surface area contributed by atoms with E-state index >= 15 is 0 Å². The minimum Gasteiger partial charge on any atom is -0.340 e. The highest BCUT2D eigenvalue weighted by Gasteiger charge is 2.49. The normalized spacial score (nSPS) is 26.2. The molecule has 1 aromatic heterocycles. The van der Waals surface area contributed by atoms with Crippen LogP contribution in [0.2, 0.25) is 0 Å². The molecule has 172 valence electrons. The van der Waals surface area contributed by atoms with Crippen LogP contribution in [-0.2, 0) is 19.5 Å². The lowest BCUT2D eigenvalue weighted by Crippen LogP contribution is -2.48. The number of benzene rings is 1. The molecule has 1 fully saturated rings. The molecule has 2 aromatic rings. The Morgan fingerprint density at radius 1 is 1.33 bits per heavy atom. The van der Waals surface area contributed by atoms with Crippen molar-refractivity contribution >= 4 is 17.6 Å². The second-order valence-electron chi connectivity index (χ2n) is 9.52. The SMILES string of the molecule is CC1Cc2nn3c(c2CN1C(=O)Nc1ccc(F)c(C#N)c1)C(=O)N(C)CC1(CC(F)C1)C3. The molecule has 0 radical (unpaired) electrons. The third kappa shape index (κ3) is 3.52. The Balaban J connectivity index is 1.42. The van der Waals surface area contributed by atoms with Crippen LogP contribution in [0, 0.1) is 22.6 Å². The van der Waals surface area contributed by atoms with Crippen molar-refractivity contribution in [2.24, 2.45) is 5.41 Å². The van der Waals surface area contributed by atoms with E-state index in [0.717, 1.165) is 11.8 Å². The lowest BCUT2D eigenvalue weighted by Gasteiger charge is -2.44. The van der Waals surface area contributed by atoms with Crippen LogP contribution in [0.3, 0.4) is 0 Å². The van der Waals surface area contributed by atoms with Crippen molar-refractivity contribution in [2.75, 3.05) is 18.9 Å². The summed E-state index contributed by atoms with van der Waals surface area (Å²) in [6.45, 7) is 3.06. The van der Waals surface area contributed by atoms with Crippen molar-refractivity contribution < 1.29 is 18.4 Å². The number of halogens is 2. The van der Waals surface area contributed by atoms with Gasteiger partial charge in [0, 0.05) is 49.3 Å². The van der Waals surface area contributed by atoms with Crippen LogP contribution in [-0.4, -0.2) is 57.3 Å². The second kappa shape index (κ2) is 7.54. The van der Waals surface area contributed by atoms with E-state index in [4.69, 9.17) is 10.4 Å². The van der Waals surface area contributed by atoms with Gasteiger partial charge in [0.2, 0.25) is 0 Å². The van der Waals surface area contributed by atoms with Crippen molar-refractivity contribution in [2.45, 2.75) is 51.5 Å². The summed E-state index contributed by atoms with van der Waals surface area (Å²) in [6, 6.07) is 4.98. The molecule has 1 unspecified atom stereocenters. The highest BCUT2D eigenvalue weighted by Crippen LogP contribution is 2.47. The Hall–Kier alpha value is -3.48. The lowest BCUT2D eigenvalue weighted by molar-refractivity contribution is -0.00791. The smallest absolute Gasteiger partial charge is 0.322 e. The molecule has 1 atom stereocenters. The van der Waals surface area contributed by atoms with Crippen LogP contribution in [0.25, 0.3) is 0 Å². The van der Waals surface area contributed by atoms with Gasteiger partial charge in [-0.3, -0.25) is 9.48 Å². The summed E-state index contributed by atoms with van der Waals surface area (Å²) in [5.41, 5.74) is 1.82. The average molecular weight is 454 g/mol. The molecule has 33 heavy (non-hydrogen) atoms. The number of nitrogens with zero attached hydrogens (tertiary/aromatic N) is 5. The molecule has 1 spiro atoms. The van der Waals surface area contributed by atoms with Gasteiger partial charge < -0.3 is 15.1 Å². The number of hydrogen-bond donors (Lipinski definition) is 1. The van der Waals surface area contributed by atoms with E-state index in [-0.39, 0.29) is 29.5 Å². The second-order valence-corrected chi connectivity index (χ2v) is 9.52. The third-order valence-corrected chi connectivity index (χ3v) is 7.00. The number of carbonyl (C=O) groups is 2. The standard InChI is InChI=1S/C23H24F2N6O2/c1-13-5-19-17(10-30(13)22(33)27-16-3-4-18(25)14(6-16)9-26)20-21(32)29(2)11-23(7-15(24)8-23)12-31(20)28-19/h3-4,6,13,15H,5,7-8,10-12H2,1-2H3,(H,27,33). The van der Waals surface area contributed by atoms with E-state index < -0.39 is 18.0 Å². The van der Waals surface area contributed by atoms with Crippen molar-refractivity contribution in [3.05, 3.63) is 46.5 Å². The number of anilines is 1. The molecule has 0 bridgehead atoms. The first-order valence-electron chi connectivity index (χ1n) is 10.9. The predicted molar refractivity (Wildman–Crippen MR) is 115 cm³/mol. The molecular formula is C23H24F2N6O2. The van der Waals surface area contributed by atoms with Crippen LogP contribution in [0.4, 0.5) is 19.3 Å². The van der Waals surface area contributed by atoms with Gasteiger partial charge in [-0.05, 0) is 38.0 Å². The molecule has 3 amide bonds. The molecule has 0 saturated heterocycles. The fourth-order valence-corrected chi connectivity index (χ4v) is 5.37. The number of nitriles is 1. The lowest BCUT2D eigenvalue weighted by atomic mass is 9.67. The number of alkyl halides is 1. The minimum atomic E-state index is -0.840. The summed E-state index contributed by atoms with van der Waals surface area (Å²) in [7, 11) is 1.72. The van der Waals surface area contributed by atoms with Crippen LogP contribution < -0.4 is 5.32 Å². The molecule has 2 aliphatic heterocycles. The molecule has 5 rings (SSSR count). The van der Waals surface area contributed by atoms with E-state index in [1.807, 2.05) is 6.92 Å². The first-order valence-corrected chi connectivity index (χ1v) is 10.9. The predicted octanol–water partition coefficient (Wildman–Crippen LogP) is 3.08. The van der Waals surface area contributed by atoms with Crippen molar-refractivity contribution in [3.63, 3.8) is 0 Å². The Bertz CT molecular complexity index is 1200. The van der Waals surface area contributed by atoms with Gasteiger partial charge in [-0.15, -0.1) is 0 Å². The molecule has 3 heterocycles. The molecule has 3 aliphatic rings. The highest BCUT2D eigenvalue weighted by atomic mass is 19.1. The third-order valence-electron chi connectivity index (χ3n) is 7.00. The van der Waals surface area contributed by atoms with E-state index in [1.165, 1.54) is 12.1 Å². The number of urea groups is 1. The quantitative estimate of drug-likeness (QED) is 0.717. The summed E-state index contributed by atoms with van der Waals surface area (Å²) in [5.74, 6) is -0.824. The number of fused-ring (bicyclic) bond motifs is 3. The van der Waals surface area contributed by atoms with Gasteiger partial charge in [-0.2, -0.15) is 10.4 Å². The average Bonchev–Trinajstić information content (AvgIpc) is 3.03. The highest BCUT2D eigenvalue weighted by molar-refractivity contribution is 5.95. The van der Waals surface area contributed by atoms with Crippen molar-refractivity contribution in [1.82, 2.24) is 19.6 Å². The van der Waals surface area contributed by atoms with E-state index in [1.54, 1.807) is 27.6 Å². The molecule has 1 aliphatic carbocycles. The van der Waals surface area contributed by atoms with Gasteiger partial charge in [0.25, 0.3) is 5.91 Å². The van der Waals surface area contributed by atoms with E-state index in [0.29, 0.717) is 49.3 Å². The zero-order chi connectivity index (χ0) is 23.5. The van der Waals surface area contributed by atoms with E-state index in [9.17, 15) is 18.4 Å². The maximum absolute atomic E-state index is 13.7. The summed E-state index contributed by atoms with van der Waals surface area (Å²) in [5, 5.41) is 16.5. The fourth-order valence-electron chi connectivity index (χ4n) is 5.37. The molecule has 8 nitrogen and oxygen atoms in total. The Morgan fingerprint density at radius 3 is 2.79 bits per heavy atom. The number of rotatable bonds is 1. The Kier molecular flexibility index (Phi) is 4.88. The summed E-state index contributed by atoms with van der Waals surface area (Å²) >= 11 is 0. The minimum absolute atomic E-state index is 0.155. The summed E-state index contributed by atoms with van der Waals surface area (Å²) in [4.78, 5) is 29.5. The molecule has 1 saturated carbocycles. The van der Waals surface area contributed by atoms with Crippen LogP contribution in [0.5, 0.6) is 0 Å². The van der Waals surface area contributed by atoms with Crippen LogP contribution in [0.15, 0.2) is 18.2 Å². The van der Waals surface area contributed by atoms with Gasteiger partial charge in [0.15, 0.2) is 0 Å².